The molecule has 1 atom stereocenters. The van der Waals surface area contributed by atoms with Crippen molar-refractivity contribution in [2.75, 3.05) is 26.3 Å². The monoisotopic (exact) mass is 268 g/mol. The van der Waals surface area contributed by atoms with Gasteiger partial charge in [-0.3, -0.25) is 0 Å². The molecule has 1 heterocycles. The van der Waals surface area contributed by atoms with E-state index in [1.807, 2.05) is 6.92 Å². The van der Waals surface area contributed by atoms with E-state index in [-0.39, 0.29) is 25.0 Å². The first-order valence-corrected chi connectivity index (χ1v) is 6.09. The molecule has 0 unspecified atom stereocenters. The number of amides is 2. The van der Waals surface area contributed by atoms with Crippen LogP contribution in [0.5, 0.6) is 0 Å². The van der Waals surface area contributed by atoms with Gasteiger partial charge in [-0.1, -0.05) is 0 Å². The molecular weight excluding hydrogens is 249 g/mol. The fourth-order valence-electron chi connectivity index (χ4n) is 1.78. The summed E-state index contributed by atoms with van der Waals surface area (Å²) in [5, 5.41) is 2.63. The van der Waals surface area contributed by atoms with Crippen LogP contribution in [0.2, 0.25) is 0 Å². The number of rotatable bonds is 4. The molecule has 1 N–H and O–H groups in total. The van der Waals surface area contributed by atoms with Crippen LogP contribution in [0.3, 0.4) is 0 Å². The molecule has 0 aliphatic carbocycles. The summed E-state index contributed by atoms with van der Waals surface area (Å²) in [6.07, 6.45) is -4.52. The summed E-state index contributed by atoms with van der Waals surface area (Å²) < 4.78 is 40.8. The number of hydrogen-bond donors (Lipinski definition) is 1. The number of alkyl halides is 3. The highest BCUT2D eigenvalue weighted by Gasteiger charge is 2.26. The molecule has 1 aliphatic rings. The first kappa shape index (κ1) is 15.1. The predicted octanol–water partition coefficient (Wildman–Crippen LogP) is 2.15. The minimum absolute atomic E-state index is 0.00826. The second-order valence-corrected chi connectivity index (χ2v) is 4.42. The van der Waals surface area contributed by atoms with E-state index in [2.05, 4.69) is 5.32 Å². The van der Waals surface area contributed by atoms with Gasteiger partial charge in [0.1, 0.15) is 0 Å². The van der Waals surface area contributed by atoms with E-state index in [4.69, 9.17) is 4.74 Å². The van der Waals surface area contributed by atoms with Gasteiger partial charge in [-0.25, -0.2) is 4.79 Å². The van der Waals surface area contributed by atoms with Gasteiger partial charge in [-0.2, -0.15) is 13.2 Å². The SMILES string of the molecule is C[C@@H]1COCCN1C(=O)NCCCCC(F)(F)F. The van der Waals surface area contributed by atoms with Crippen LogP contribution >= 0.6 is 0 Å². The first-order chi connectivity index (χ1) is 8.40. The van der Waals surface area contributed by atoms with Crippen molar-refractivity contribution in [2.45, 2.75) is 38.4 Å². The van der Waals surface area contributed by atoms with Crippen molar-refractivity contribution in [3.05, 3.63) is 0 Å². The van der Waals surface area contributed by atoms with E-state index in [1.54, 1.807) is 4.90 Å². The molecule has 4 nitrogen and oxygen atoms in total. The lowest BCUT2D eigenvalue weighted by molar-refractivity contribution is -0.135. The number of morpholine rings is 1. The number of carbonyl (C=O) groups is 1. The van der Waals surface area contributed by atoms with Gasteiger partial charge in [-0.15, -0.1) is 0 Å². The number of hydrogen-bond acceptors (Lipinski definition) is 2. The summed E-state index contributed by atoms with van der Waals surface area (Å²) in [6, 6.07) is -0.216. The highest BCUT2D eigenvalue weighted by Crippen LogP contribution is 2.21. The molecule has 0 aromatic rings. The van der Waals surface area contributed by atoms with Gasteiger partial charge >= 0.3 is 12.2 Å². The fourth-order valence-corrected chi connectivity index (χ4v) is 1.78. The summed E-state index contributed by atoms with van der Waals surface area (Å²) in [7, 11) is 0. The van der Waals surface area contributed by atoms with Crippen LogP contribution in [-0.2, 0) is 4.74 Å². The van der Waals surface area contributed by atoms with Crippen molar-refractivity contribution in [3.63, 3.8) is 0 Å². The van der Waals surface area contributed by atoms with Gasteiger partial charge in [0.2, 0.25) is 0 Å². The van der Waals surface area contributed by atoms with Gasteiger partial charge < -0.3 is 15.0 Å². The zero-order valence-electron chi connectivity index (χ0n) is 10.4. The van der Waals surface area contributed by atoms with Gasteiger partial charge in [0.05, 0.1) is 19.3 Å². The van der Waals surface area contributed by atoms with Gasteiger partial charge in [-0.05, 0) is 19.8 Å². The third-order valence-corrected chi connectivity index (χ3v) is 2.79. The van der Waals surface area contributed by atoms with Crippen molar-refractivity contribution >= 4 is 6.03 Å². The quantitative estimate of drug-likeness (QED) is 0.794. The standard InChI is InChI=1S/C11H19F3N2O2/c1-9-8-18-7-6-16(9)10(17)15-5-3-2-4-11(12,13)14/h9H,2-8H2,1H3,(H,15,17)/t9-/m1/s1. The van der Waals surface area contributed by atoms with Crippen LogP contribution in [0.25, 0.3) is 0 Å². The molecule has 0 spiro atoms. The Bertz CT molecular complexity index is 272. The highest BCUT2D eigenvalue weighted by atomic mass is 19.4. The Hall–Kier alpha value is -0.980. The fraction of sp³-hybridized carbons (Fsp3) is 0.909. The molecule has 1 aliphatic heterocycles. The lowest BCUT2D eigenvalue weighted by Gasteiger charge is -2.33. The minimum atomic E-state index is -4.11. The molecule has 0 radical (unpaired) electrons. The van der Waals surface area contributed by atoms with Crippen LogP contribution in [0.15, 0.2) is 0 Å². The highest BCUT2D eigenvalue weighted by molar-refractivity contribution is 5.74. The van der Waals surface area contributed by atoms with Gasteiger partial charge in [0, 0.05) is 19.5 Å². The molecule has 2 amide bonds. The topological polar surface area (TPSA) is 41.6 Å². The van der Waals surface area contributed by atoms with E-state index >= 15 is 0 Å². The summed E-state index contributed by atoms with van der Waals surface area (Å²) >= 11 is 0. The van der Waals surface area contributed by atoms with Crippen molar-refractivity contribution in [1.29, 1.82) is 0 Å². The smallest absolute Gasteiger partial charge is 0.377 e. The van der Waals surface area contributed by atoms with Gasteiger partial charge in [0.15, 0.2) is 0 Å². The zero-order valence-corrected chi connectivity index (χ0v) is 10.4. The van der Waals surface area contributed by atoms with Crippen LogP contribution < -0.4 is 5.32 Å². The second kappa shape index (κ2) is 6.82. The number of unbranched alkanes of at least 4 members (excludes halogenated alkanes) is 1. The number of urea groups is 1. The van der Waals surface area contributed by atoms with Crippen molar-refractivity contribution in [1.82, 2.24) is 10.2 Å². The maximum Gasteiger partial charge on any atom is 0.389 e. The molecule has 0 saturated carbocycles. The van der Waals surface area contributed by atoms with Crippen molar-refractivity contribution in [2.24, 2.45) is 0 Å². The molecule has 18 heavy (non-hydrogen) atoms. The Balaban J connectivity index is 2.13. The van der Waals surface area contributed by atoms with Crippen LogP contribution in [0.1, 0.15) is 26.2 Å². The third kappa shape index (κ3) is 5.57. The molecule has 1 rings (SSSR count). The second-order valence-electron chi connectivity index (χ2n) is 4.42. The molecule has 1 fully saturated rings. The summed E-state index contributed by atoms with van der Waals surface area (Å²) in [4.78, 5) is 13.4. The molecule has 0 aromatic carbocycles. The summed E-state index contributed by atoms with van der Waals surface area (Å²) in [6.45, 7) is 3.68. The molecule has 1 saturated heterocycles. The van der Waals surface area contributed by atoms with E-state index in [0.717, 1.165) is 0 Å². The van der Waals surface area contributed by atoms with Crippen LogP contribution in [0, 0.1) is 0 Å². The molecule has 106 valence electrons. The van der Waals surface area contributed by atoms with Crippen molar-refractivity contribution < 1.29 is 22.7 Å². The Morgan fingerprint density at radius 2 is 2.17 bits per heavy atom. The van der Waals surface area contributed by atoms with E-state index < -0.39 is 12.6 Å². The number of carbonyl (C=O) groups excluding carboxylic acids is 1. The number of halogens is 3. The molecule has 0 bridgehead atoms. The predicted molar refractivity (Wildman–Crippen MR) is 60.3 cm³/mol. The molecule has 7 heteroatoms. The maximum absolute atomic E-state index is 11.9. The lowest BCUT2D eigenvalue weighted by Crippen LogP contribution is -2.51. The number of ether oxygens (including phenoxy) is 1. The van der Waals surface area contributed by atoms with E-state index in [9.17, 15) is 18.0 Å². The maximum atomic E-state index is 11.9. The van der Waals surface area contributed by atoms with Gasteiger partial charge in [0.25, 0.3) is 0 Å². The van der Waals surface area contributed by atoms with Crippen molar-refractivity contribution in [3.8, 4) is 0 Å². The summed E-state index contributed by atoms with van der Waals surface area (Å²) in [5.41, 5.74) is 0. The summed E-state index contributed by atoms with van der Waals surface area (Å²) in [5.74, 6) is 0. The Kier molecular flexibility index (Phi) is 5.71. The molecule has 0 aromatic heterocycles. The lowest BCUT2D eigenvalue weighted by atomic mass is 10.2. The average Bonchev–Trinajstić information content (AvgIpc) is 2.27. The molecular formula is C11H19F3N2O2. The van der Waals surface area contributed by atoms with E-state index in [1.165, 1.54) is 0 Å². The first-order valence-electron chi connectivity index (χ1n) is 6.09. The minimum Gasteiger partial charge on any atom is -0.377 e. The Morgan fingerprint density at radius 3 is 2.78 bits per heavy atom. The van der Waals surface area contributed by atoms with Crippen LogP contribution in [0.4, 0.5) is 18.0 Å². The average molecular weight is 268 g/mol. The largest absolute Gasteiger partial charge is 0.389 e. The number of nitrogens with one attached hydrogen (secondary N) is 1. The normalized spacial score (nSPS) is 20.9. The third-order valence-electron chi connectivity index (χ3n) is 2.79. The number of nitrogens with zero attached hydrogens (tertiary/aromatic N) is 1. The zero-order chi connectivity index (χ0) is 13.6. The Morgan fingerprint density at radius 1 is 1.44 bits per heavy atom. The Labute approximate surface area is 104 Å². The van der Waals surface area contributed by atoms with E-state index in [0.29, 0.717) is 26.2 Å². The van der Waals surface area contributed by atoms with Crippen LogP contribution in [-0.4, -0.2) is 49.5 Å².